The molecule has 1 atom stereocenters. The molecule has 3 rings (SSSR count). The van der Waals surface area contributed by atoms with Crippen molar-refractivity contribution in [3.8, 4) is 0 Å². The Hall–Kier alpha value is -1.91. The van der Waals surface area contributed by atoms with Crippen molar-refractivity contribution in [1.29, 1.82) is 0 Å². The smallest absolute Gasteiger partial charge is 0.247 e. The Morgan fingerprint density at radius 3 is 2.62 bits per heavy atom. The van der Waals surface area contributed by atoms with E-state index in [9.17, 15) is 16.8 Å². The first-order valence-corrected chi connectivity index (χ1v) is 12.3. The van der Waals surface area contributed by atoms with E-state index in [1.165, 1.54) is 11.3 Å². The van der Waals surface area contributed by atoms with E-state index >= 15 is 0 Å². The fourth-order valence-electron chi connectivity index (χ4n) is 2.68. The Bertz CT molecular complexity index is 1030. The molecule has 2 aromatic rings. The lowest BCUT2D eigenvalue weighted by molar-refractivity contribution is 0.379. The summed E-state index contributed by atoms with van der Waals surface area (Å²) in [5, 5.41) is 6.21. The quantitative estimate of drug-likeness (QED) is 0.787. The molecule has 0 unspecified atom stereocenters. The van der Waals surface area contributed by atoms with Crippen LogP contribution in [-0.2, 0) is 20.0 Å². The molecule has 0 saturated carbocycles. The van der Waals surface area contributed by atoms with E-state index in [-0.39, 0.29) is 11.8 Å². The zero-order chi connectivity index (χ0) is 18.9. The van der Waals surface area contributed by atoms with E-state index in [2.05, 4.69) is 9.82 Å². The van der Waals surface area contributed by atoms with Gasteiger partial charge in [-0.05, 0) is 36.1 Å². The molecule has 10 heteroatoms. The second-order valence-corrected chi connectivity index (χ2v) is 10.7. The van der Waals surface area contributed by atoms with Crippen LogP contribution in [0.15, 0.2) is 46.9 Å². The Kier molecular flexibility index (Phi) is 5.09. The van der Waals surface area contributed by atoms with Gasteiger partial charge in [-0.2, -0.15) is 9.52 Å². The van der Waals surface area contributed by atoms with Gasteiger partial charge in [-0.1, -0.05) is 18.2 Å². The first-order chi connectivity index (χ1) is 12.2. The molecule has 0 bridgehead atoms. The topological polar surface area (TPSA) is 95.9 Å². The van der Waals surface area contributed by atoms with Gasteiger partial charge < -0.3 is 0 Å². The Labute approximate surface area is 157 Å². The second-order valence-electron chi connectivity index (χ2n) is 5.90. The molecular formula is C16H19N3O4S3. The SMILES string of the molecule is CCS(=O)(=O)Nc1cccc(C2=NN(S(C)(=O)=O)[C@H](c3cccs3)C2)c1. The van der Waals surface area contributed by atoms with Crippen molar-refractivity contribution < 1.29 is 16.8 Å². The van der Waals surface area contributed by atoms with E-state index in [0.717, 1.165) is 15.5 Å². The molecule has 1 aromatic heterocycles. The summed E-state index contributed by atoms with van der Waals surface area (Å²) in [5.41, 5.74) is 1.72. The molecule has 0 spiro atoms. The lowest BCUT2D eigenvalue weighted by atomic mass is 10.0. The highest BCUT2D eigenvalue weighted by Gasteiger charge is 2.35. The molecule has 26 heavy (non-hydrogen) atoms. The summed E-state index contributed by atoms with van der Waals surface area (Å²) in [6, 6.07) is 10.2. The molecule has 2 heterocycles. The Balaban J connectivity index is 1.94. The van der Waals surface area contributed by atoms with Crippen molar-refractivity contribution in [3.63, 3.8) is 0 Å². The van der Waals surface area contributed by atoms with Crippen LogP contribution in [0.1, 0.15) is 29.8 Å². The van der Waals surface area contributed by atoms with Gasteiger partial charge in [0.1, 0.15) is 6.04 Å². The number of hydrazone groups is 1. The minimum absolute atomic E-state index is 0.0273. The van der Waals surface area contributed by atoms with E-state index in [1.54, 1.807) is 31.2 Å². The van der Waals surface area contributed by atoms with E-state index in [0.29, 0.717) is 23.4 Å². The van der Waals surface area contributed by atoms with Crippen LogP contribution in [0, 0.1) is 0 Å². The molecule has 140 valence electrons. The van der Waals surface area contributed by atoms with Crippen LogP contribution in [0.5, 0.6) is 0 Å². The van der Waals surface area contributed by atoms with E-state index in [4.69, 9.17) is 0 Å². The van der Waals surface area contributed by atoms with E-state index in [1.807, 2.05) is 17.5 Å². The summed E-state index contributed by atoms with van der Waals surface area (Å²) in [6.07, 6.45) is 1.56. The van der Waals surface area contributed by atoms with Crippen LogP contribution in [0.4, 0.5) is 5.69 Å². The van der Waals surface area contributed by atoms with Crippen LogP contribution in [-0.4, -0.2) is 39.0 Å². The molecule has 1 aromatic carbocycles. The first kappa shape index (κ1) is 18.9. The number of hydrogen-bond acceptors (Lipinski definition) is 6. The van der Waals surface area contributed by atoms with Crippen molar-refractivity contribution >= 4 is 42.8 Å². The van der Waals surface area contributed by atoms with Gasteiger partial charge in [0, 0.05) is 17.0 Å². The predicted octanol–water partition coefficient (Wildman–Crippen LogP) is 2.62. The van der Waals surface area contributed by atoms with Crippen LogP contribution >= 0.6 is 11.3 Å². The van der Waals surface area contributed by atoms with Crippen LogP contribution in [0.25, 0.3) is 0 Å². The Morgan fingerprint density at radius 2 is 2.00 bits per heavy atom. The van der Waals surface area contributed by atoms with E-state index < -0.39 is 20.0 Å². The second kappa shape index (κ2) is 7.01. The van der Waals surface area contributed by atoms with Crippen molar-refractivity contribution in [2.45, 2.75) is 19.4 Å². The maximum atomic E-state index is 12.1. The lowest BCUT2D eigenvalue weighted by Gasteiger charge is -2.19. The predicted molar refractivity (Wildman–Crippen MR) is 104 cm³/mol. The first-order valence-electron chi connectivity index (χ1n) is 7.91. The summed E-state index contributed by atoms with van der Waals surface area (Å²) in [5.74, 6) is -0.0273. The van der Waals surface area contributed by atoms with Gasteiger partial charge >= 0.3 is 0 Å². The minimum Gasteiger partial charge on any atom is -0.284 e. The maximum Gasteiger partial charge on any atom is 0.247 e. The molecule has 0 aliphatic carbocycles. The monoisotopic (exact) mass is 413 g/mol. The summed E-state index contributed by atoms with van der Waals surface area (Å²) in [7, 11) is -6.91. The Morgan fingerprint density at radius 1 is 1.23 bits per heavy atom. The van der Waals surface area contributed by atoms with Crippen molar-refractivity contribution in [2.75, 3.05) is 16.7 Å². The normalized spacial score (nSPS) is 18.0. The summed E-state index contributed by atoms with van der Waals surface area (Å²) in [6.45, 7) is 1.56. The largest absolute Gasteiger partial charge is 0.284 e. The van der Waals surface area contributed by atoms with Gasteiger partial charge in [0.15, 0.2) is 0 Å². The highest BCUT2D eigenvalue weighted by Crippen LogP contribution is 2.36. The van der Waals surface area contributed by atoms with Crippen molar-refractivity contribution in [1.82, 2.24) is 4.41 Å². The third-order valence-electron chi connectivity index (χ3n) is 3.93. The van der Waals surface area contributed by atoms with Crippen LogP contribution in [0.2, 0.25) is 0 Å². The third kappa shape index (κ3) is 4.08. The molecule has 0 saturated heterocycles. The van der Waals surface area contributed by atoms with Gasteiger partial charge in [0.2, 0.25) is 20.0 Å². The lowest BCUT2D eigenvalue weighted by Crippen LogP contribution is -2.25. The fourth-order valence-corrected chi connectivity index (χ4v) is 5.08. The number of sulfonamides is 2. The average molecular weight is 414 g/mol. The highest BCUT2D eigenvalue weighted by atomic mass is 32.2. The molecule has 1 N–H and O–H groups in total. The number of thiophene rings is 1. The average Bonchev–Trinajstić information content (AvgIpc) is 3.23. The number of hydrogen-bond donors (Lipinski definition) is 1. The molecule has 0 fully saturated rings. The molecule has 1 aliphatic rings. The molecule has 7 nitrogen and oxygen atoms in total. The minimum atomic E-state index is -3.52. The van der Waals surface area contributed by atoms with Crippen LogP contribution < -0.4 is 4.72 Å². The molecule has 0 amide bonds. The van der Waals surface area contributed by atoms with Crippen molar-refractivity contribution in [2.24, 2.45) is 5.10 Å². The summed E-state index contributed by atoms with van der Waals surface area (Å²) < 4.78 is 51.4. The molecular weight excluding hydrogens is 394 g/mol. The standard InChI is InChI=1S/C16H19N3O4S3/c1-3-26(22,23)18-13-7-4-6-12(10-13)14-11-15(16-8-5-9-24-16)19(17-14)25(2,20)21/h4-10,15,18H,3,11H2,1-2H3/t15-/m0/s1. The number of nitrogens with one attached hydrogen (secondary N) is 1. The number of nitrogens with zero attached hydrogens (tertiary/aromatic N) is 2. The number of rotatable bonds is 6. The summed E-state index contributed by atoms with van der Waals surface area (Å²) >= 11 is 1.48. The zero-order valence-corrected chi connectivity index (χ0v) is 16.7. The zero-order valence-electron chi connectivity index (χ0n) is 14.3. The molecule has 1 aliphatic heterocycles. The maximum absolute atomic E-state index is 12.1. The van der Waals surface area contributed by atoms with Gasteiger partial charge in [-0.25, -0.2) is 16.8 Å². The number of benzene rings is 1. The van der Waals surface area contributed by atoms with Gasteiger partial charge in [-0.15, -0.1) is 11.3 Å². The van der Waals surface area contributed by atoms with Crippen molar-refractivity contribution in [3.05, 3.63) is 52.2 Å². The third-order valence-corrected chi connectivity index (χ3v) is 7.23. The fraction of sp³-hybridized carbons (Fsp3) is 0.312. The van der Waals surface area contributed by atoms with Gasteiger partial charge in [0.05, 0.1) is 17.7 Å². The number of anilines is 1. The van der Waals surface area contributed by atoms with Gasteiger partial charge in [-0.3, -0.25) is 4.72 Å². The summed E-state index contributed by atoms with van der Waals surface area (Å²) in [4.78, 5) is 0.914. The van der Waals surface area contributed by atoms with Gasteiger partial charge in [0.25, 0.3) is 0 Å². The van der Waals surface area contributed by atoms with Crippen LogP contribution in [0.3, 0.4) is 0 Å². The molecule has 0 radical (unpaired) electrons. The highest BCUT2D eigenvalue weighted by molar-refractivity contribution is 7.92.